The molecular weight excluding hydrogens is 352 g/mol. The summed E-state index contributed by atoms with van der Waals surface area (Å²) in [5, 5.41) is 0. The van der Waals surface area contributed by atoms with E-state index in [1.54, 1.807) is 6.07 Å². The van der Waals surface area contributed by atoms with Gasteiger partial charge in [-0.2, -0.15) is 0 Å². The largest absolute Gasteiger partial charge is 0.486 e. The van der Waals surface area contributed by atoms with Crippen LogP contribution in [-0.2, 0) is 16.4 Å². The lowest BCUT2D eigenvalue weighted by molar-refractivity contribution is 0.171. The van der Waals surface area contributed by atoms with Crippen molar-refractivity contribution in [3.8, 4) is 11.5 Å². The molecule has 1 aliphatic rings. The number of ether oxygens (including phenoxy) is 2. The molecule has 0 radical (unpaired) electrons. The molecule has 0 aliphatic carbocycles. The van der Waals surface area contributed by atoms with Gasteiger partial charge in [0.15, 0.2) is 11.5 Å². The van der Waals surface area contributed by atoms with Gasteiger partial charge < -0.3 is 14.4 Å². The van der Waals surface area contributed by atoms with Crippen LogP contribution in [0.15, 0.2) is 47.4 Å². The molecule has 26 heavy (non-hydrogen) atoms. The van der Waals surface area contributed by atoms with Crippen molar-refractivity contribution >= 4 is 15.7 Å². The second-order valence-electron chi connectivity index (χ2n) is 6.37. The third-order valence-corrected chi connectivity index (χ3v) is 5.67. The highest BCUT2D eigenvalue weighted by Gasteiger charge is 2.18. The average molecular weight is 376 g/mol. The number of nitrogens with zero attached hydrogens (tertiary/aromatic N) is 1. The lowest BCUT2D eigenvalue weighted by Gasteiger charge is -2.19. The lowest BCUT2D eigenvalue weighted by atomic mass is 10.1. The van der Waals surface area contributed by atoms with Gasteiger partial charge in [0, 0.05) is 32.4 Å². The van der Waals surface area contributed by atoms with E-state index in [1.165, 1.54) is 17.7 Å². The van der Waals surface area contributed by atoms with Crippen LogP contribution in [0.4, 0.5) is 5.69 Å². The van der Waals surface area contributed by atoms with Crippen LogP contribution in [0.25, 0.3) is 0 Å². The maximum absolute atomic E-state index is 12.4. The first-order chi connectivity index (χ1) is 12.5. The third-order valence-electron chi connectivity index (χ3n) is 4.21. The van der Waals surface area contributed by atoms with E-state index in [9.17, 15) is 8.42 Å². The molecule has 3 rings (SSSR count). The highest BCUT2D eigenvalue weighted by Crippen LogP contribution is 2.32. The van der Waals surface area contributed by atoms with Gasteiger partial charge in [-0.3, -0.25) is 0 Å². The SMILES string of the molecule is CN(C)c1ccc(CCCNS(=O)(=O)c2ccc3c(c2)OCCO3)cc1. The zero-order valence-corrected chi connectivity index (χ0v) is 15.9. The molecule has 0 bridgehead atoms. The molecule has 1 heterocycles. The highest BCUT2D eigenvalue weighted by atomic mass is 32.2. The fourth-order valence-corrected chi connectivity index (χ4v) is 3.82. The van der Waals surface area contributed by atoms with Crippen LogP contribution < -0.4 is 19.1 Å². The third kappa shape index (κ3) is 4.47. The van der Waals surface area contributed by atoms with Crippen LogP contribution in [0.1, 0.15) is 12.0 Å². The maximum Gasteiger partial charge on any atom is 0.240 e. The molecule has 0 spiro atoms. The summed E-state index contributed by atoms with van der Waals surface area (Å²) in [5.74, 6) is 1.05. The minimum absolute atomic E-state index is 0.192. The molecule has 1 N–H and O–H groups in total. The van der Waals surface area contributed by atoms with Crippen molar-refractivity contribution in [2.24, 2.45) is 0 Å². The Kier molecular flexibility index (Phi) is 5.68. The standard InChI is InChI=1S/C19H24N2O4S/c1-21(2)16-7-5-15(6-8-16)4-3-11-20-26(22,23)17-9-10-18-19(14-17)25-13-12-24-18/h5-10,14,20H,3-4,11-13H2,1-2H3. The normalized spacial score (nSPS) is 13.5. The van der Waals surface area contributed by atoms with E-state index < -0.39 is 10.0 Å². The monoisotopic (exact) mass is 376 g/mol. The number of benzene rings is 2. The fourth-order valence-electron chi connectivity index (χ4n) is 2.73. The van der Waals surface area contributed by atoms with E-state index in [1.807, 2.05) is 19.0 Å². The second-order valence-corrected chi connectivity index (χ2v) is 8.13. The quantitative estimate of drug-likeness (QED) is 0.752. The lowest BCUT2D eigenvalue weighted by Crippen LogP contribution is -2.25. The first kappa shape index (κ1) is 18.5. The zero-order chi connectivity index (χ0) is 18.6. The van der Waals surface area contributed by atoms with E-state index in [0.29, 0.717) is 31.3 Å². The fraction of sp³-hybridized carbons (Fsp3) is 0.368. The van der Waals surface area contributed by atoms with Crippen molar-refractivity contribution in [3.63, 3.8) is 0 Å². The molecule has 6 nitrogen and oxygen atoms in total. The van der Waals surface area contributed by atoms with Gasteiger partial charge in [0.1, 0.15) is 13.2 Å². The van der Waals surface area contributed by atoms with Gasteiger partial charge in [0.25, 0.3) is 0 Å². The summed E-state index contributed by atoms with van der Waals surface area (Å²) in [5.41, 5.74) is 2.34. The van der Waals surface area contributed by atoms with E-state index in [-0.39, 0.29) is 4.90 Å². The maximum atomic E-state index is 12.4. The van der Waals surface area contributed by atoms with E-state index in [2.05, 4.69) is 29.0 Å². The predicted molar refractivity (Wildman–Crippen MR) is 102 cm³/mol. The molecular formula is C19H24N2O4S. The Balaban J connectivity index is 1.53. The summed E-state index contributed by atoms with van der Waals surface area (Å²) in [6, 6.07) is 13.0. The number of sulfonamides is 1. The summed E-state index contributed by atoms with van der Waals surface area (Å²) in [4.78, 5) is 2.24. The summed E-state index contributed by atoms with van der Waals surface area (Å²) in [6.45, 7) is 1.29. The van der Waals surface area contributed by atoms with Gasteiger partial charge >= 0.3 is 0 Å². The van der Waals surface area contributed by atoms with Crippen LogP contribution in [-0.4, -0.2) is 42.3 Å². The number of hydrogen-bond acceptors (Lipinski definition) is 5. The van der Waals surface area contributed by atoms with Crippen molar-refractivity contribution in [1.29, 1.82) is 0 Å². The Bertz CT molecular complexity index is 848. The number of nitrogens with one attached hydrogen (secondary N) is 1. The smallest absolute Gasteiger partial charge is 0.240 e. The van der Waals surface area contributed by atoms with Gasteiger partial charge in [-0.15, -0.1) is 0 Å². The minimum atomic E-state index is -3.56. The van der Waals surface area contributed by atoms with Crippen LogP contribution >= 0.6 is 0 Å². The molecule has 0 unspecified atom stereocenters. The Labute approximate surface area is 154 Å². The number of rotatable bonds is 7. The zero-order valence-electron chi connectivity index (χ0n) is 15.1. The molecule has 2 aromatic rings. The first-order valence-electron chi connectivity index (χ1n) is 8.61. The molecule has 0 fully saturated rings. The molecule has 0 amide bonds. The van der Waals surface area contributed by atoms with Gasteiger partial charge in [-0.25, -0.2) is 13.1 Å². The topological polar surface area (TPSA) is 67.9 Å². The number of hydrogen-bond donors (Lipinski definition) is 1. The molecule has 0 saturated heterocycles. The average Bonchev–Trinajstić information content (AvgIpc) is 2.65. The Hall–Kier alpha value is -2.25. The van der Waals surface area contributed by atoms with E-state index in [0.717, 1.165) is 18.5 Å². The van der Waals surface area contributed by atoms with Crippen molar-refractivity contribution in [2.45, 2.75) is 17.7 Å². The van der Waals surface area contributed by atoms with Crippen molar-refractivity contribution < 1.29 is 17.9 Å². The number of fused-ring (bicyclic) bond motifs is 1. The van der Waals surface area contributed by atoms with Gasteiger partial charge in [-0.05, 0) is 42.7 Å². The second kappa shape index (κ2) is 7.97. The van der Waals surface area contributed by atoms with Crippen LogP contribution in [0.3, 0.4) is 0 Å². The number of anilines is 1. The molecule has 1 aliphatic heterocycles. The van der Waals surface area contributed by atoms with Crippen molar-refractivity contribution in [2.75, 3.05) is 38.8 Å². The van der Waals surface area contributed by atoms with Crippen molar-refractivity contribution in [3.05, 3.63) is 48.0 Å². The number of aryl methyl sites for hydroxylation is 1. The molecule has 140 valence electrons. The van der Waals surface area contributed by atoms with Crippen LogP contribution in [0.5, 0.6) is 11.5 Å². The Morgan fingerprint density at radius 1 is 1.00 bits per heavy atom. The summed E-state index contributed by atoms with van der Waals surface area (Å²) < 4.78 is 38.4. The summed E-state index contributed by atoms with van der Waals surface area (Å²) in [6.07, 6.45) is 1.54. The van der Waals surface area contributed by atoms with Gasteiger partial charge in [0.2, 0.25) is 10.0 Å². The molecule has 0 saturated carbocycles. The first-order valence-corrected chi connectivity index (χ1v) is 10.1. The van der Waals surface area contributed by atoms with Gasteiger partial charge in [-0.1, -0.05) is 12.1 Å². The highest BCUT2D eigenvalue weighted by molar-refractivity contribution is 7.89. The Morgan fingerprint density at radius 2 is 1.69 bits per heavy atom. The molecule has 0 atom stereocenters. The minimum Gasteiger partial charge on any atom is -0.486 e. The van der Waals surface area contributed by atoms with Crippen molar-refractivity contribution in [1.82, 2.24) is 4.72 Å². The molecule has 2 aromatic carbocycles. The van der Waals surface area contributed by atoms with Crippen LogP contribution in [0.2, 0.25) is 0 Å². The van der Waals surface area contributed by atoms with Gasteiger partial charge in [0.05, 0.1) is 4.90 Å². The Morgan fingerprint density at radius 3 is 2.38 bits per heavy atom. The predicted octanol–water partition coefficient (Wildman–Crippen LogP) is 2.43. The summed E-state index contributed by atoms with van der Waals surface area (Å²) >= 11 is 0. The van der Waals surface area contributed by atoms with E-state index >= 15 is 0 Å². The molecule has 0 aromatic heterocycles. The van der Waals surface area contributed by atoms with E-state index in [4.69, 9.17) is 9.47 Å². The van der Waals surface area contributed by atoms with Crippen LogP contribution in [0, 0.1) is 0 Å². The summed E-state index contributed by atoms with van der Waals surface area (Å²) in [7, 11) is 0.445. The molecule has 7 heteroatoms.